The van der Waals surface area contributed by atoms with Gasteiger partial charge in [0.05, 0.1) is 22.7 Å². The van der Waals surface area contributed by atoms with Crippen LogP contribution in [0.5, 0.6) is 0 Å². The lowest BCUT2D eigenvalue weighted by molar-refractivity contribution is -0.118. The summed E-state index contributed by atoms with van der Waals surface area (Å²) in [5, 5.41) is 12.0. The predicted molar refractivity (Wildman–Crippen MR) is 97.9 cm³/mol. The molecule has 24 heavy (non-hydrogen) atoms. The second-order valence-corrected chi connectivity index (χ2v) is 7.45. The minimum absolute atomic E-state index is 0.0304. The fraction of sp³-hybridized carbons (Fsp3) is 0.375. The molecule has 0 saturated carbocycles. The summed E-state index contributed by atoms with van der Waals surface area (Å²) in [7, 11) is 0. The summed E-state index contributed by atoms with van der Waals surface area (Å²) in [5.41, 5.74) is 0.484. The standard InChI is InChI=1S/C16H17BrN4O2S/c1-10(2)8-21-15(23)12-7-11(17)3-4-13(12)20-16(21)24-9-14(22)19-6-5-18/h3-4,7,10H,6,8-9H2,1-2H3,(H,19,22). The molecule has 0 atom stereocenters. The van der Waals surface area contributed by atoms with E-state index in [1.165, 1.54) is 11.8 Å². The molecule has 0 bridgehead atoms. The van der Waals surface area contributed by atoms with Gasteiger partial charge in [0, 0.05) is 11.0 Å². The van der Waals surface area contributed by atoms with Gasteiger partial charge in [0.2, 0.25) is 5.91 Å². The molecule has 0 radical (unpaired) electrons. The Morgan fingerprint density at radius 3 is 2.92 bits per heavy atom. The van der Waals surface area contributed by atoms with Crippen molar-refractivity contribution in [2.45, 2.75) is 25.5 Å². The molecule has 0 fully saturated rings. The number of thioether (sulfide) groups is 1. The van der Waals surface area contributed by atoms with E-state index in [0.717, 1.165) is 4.47 Å². The fourth-order valence-electron chi connectivity index (χ4n) is 2.13. The second-order valence-electron chi connectivity index (χ2n) is 5.59. The number of hydrogen-bond donors (Lipinski definition) is 1. The smallest absolute Gasteiger partial charge is 0.262 e. The number of carbonyl (C=O) groups excluding carboxylic acids is 1. The monoisotopic (exact) mass is 408 g/mol. The van der Waals surface area contributed by atoms with Gasteiger partial charge in [-0.1, -0.05) is 41.5 Å². The third-order valence-electron chi connectivity index (χ3n) is 3.13. The van der Waals surface area contributed by atoms with E-state index < -0.39 is 0 Å². The molecule has 1 amide bonds. The van der Waals surface area contributed by atoms with Gasteiger partial charge < -0.3 is 5.32 Å². The lowest BCUT2D eigenvalue weighted by atomic mass is 10.2. The van der Waals surface area contributed by atoms with E-state index in [1.54, 1.807) is 16.7 Å². The second kappa shape index (κ2) is 8.31. The Kier molecular flexibility index (Phi) is 6.40. The maximum atomic E-state index is 12.8. The van der Waals surface area contributed by atoms with Crippen molar-refractivity contribution in [3.05, 3.63) is 33.0 Å². The number of benzene rings is 1. The SMILES string of the molecule is CC(C)Cn1c(SCC(=O)NCC#N)nc2ccc(Br)cc2c1=O. The maximum Gasteiger partial charge on any atom is 0.262 e. The van der Waals surface area contributed by atoms with E-state index in [-0.39, 0.29) is 29.7 Å². The molecule has 0 aliphatic carbocycles. The van der Waals surface area contributed by atoms with Crippen molar-refractivity contribution in [1.82, 2.24) is 14.9 Å². The topological polar surface area (TPSA) is 87.8 Å². The maximum absolute atomic E-state index is 12.8. The van der Waals surface area contributed by atoms with Crippen LogP contribution in [-0.2, 0) is 11.3 Å². The summed E-state index contributed by atoms with van der Waals surface area (Å²) in [5.74, 6) is 0.109. The normalized spacial score (nSPS) is 10.8. The van der Waals surface area contributed by atoms with Gasteiger partial charge in [-0.25, -0.2) is 4.98 Å². The van der Waals surface area contributed by atoms with Crippen LogP contribution < -0.4 is 10.9 Å². The fourth-order valence-corrected chi connectivity index (χ4v) is 3.33. The molecule has 8 heteroatoms. The third kappa shape index (κ3) is 4.58. The molecule has 0 aliphatic rings. The molecule has 0 unspecified atom stereocenters. The summed E-state index contributed by atoms with van der Waals surface area (Å²) < 4.78 is 2.43. The van der Waals surface area contributed by atoms with Crippen molar-refractivity contribution in [3.63, 3.8) is 0 Å². The predicted octanol–water partition coefficient (Wildman–Crippen LogP) is 2.55. The van der Waals surface area contributed by atoms with Crippen LogP contribution in [-0.4, -0.2) is 27.8 Å². The molecule has 6 nitrogen and oxygen atoms in total. The van der Waals surface area contributed by atoms with E-state index >= 15 is 0 Å². The third-order valence-corrected chi connectivity index (χ3v) is 4.60. The van der Waals surface area contributed by atoms with Gasteiger partial charge in [0.25, 0.3) is 5.56 Å². The molecule has 1 heterocycles. The van der Waals surface area contributed by atoms with Crippen LogP contribution in [0.3, 0.4) is 0 Å². The van der Waals surface area contributed by atoms with E-state index in [4.69, 9.17) is 5.26 Å². The summed E-state index contributed by atoms with van der Waals surface area (Å²) in [6.07, 6.45) is 0. The van der Waals surface area contributed by atoms with Gasteiger partial charge in [-0.2, -0.15) is 5.26 Å². The van der Waals surface area contributed by atoms with E-state index in [0.29, 0.717) is 22.6 Å². The number of halogens is 1. The van der Waals surface area contributed by atoms with Crippen LogP contribution in [0.15, 0.2) is 32.6 Å². The molecule has 2 rings (SSSR count). The number of carbonyl (C=O) groups is 1. The number of nitrogens with one attached hydrogen (secondary N) is 1. The first-order valence-electron chi connectivity index (χ1n) is 7.39. The summed E-state index contributed by atoms with van der Waals surface area (Å²) in [6.45, 7) is 4.53. The molecule has 1 N–H and O–H groups in total. The van der Waals surface area contributed by atoms with Crippen molar-refractivity contribution >= 4 is 44.5 Å². The Labute approximate surface area is 152 Å². The molecule has 0 saturated heterocycles. The van der Waals surface area contributed by atoms with Crippen LogP contribution in [0.4, 0.5) is 0 Å². The number of rotatable bonds is 6. The van der Waals surface area contributed by atoms with Gasteiger partial charge in [-0.15, -0.1) is 0 Å². The summed E-state index contributed by atoms with van der Waals surface area (Å²) in [4.78, 5) is 29.0. The van der Waals surface area contributed by atoms with Crippen LogP contribution in [0.25, 0.3) is 10.9 Å². The van der Waals surface area contributed by atoms with Crippen LogP contribution >= 0.6 is 27.7 Å². The highest BCUT2D eigenvalue weighted by atomic mass is 79.9. The van der Waals surface area contributed by atoms with Crippen LogP contribution in [0, 0.1) is 17.2 Å². The number of nitrogens with zero attached hydrogens (tertiary/aromatic N) is 3. The number of fused-ring (bicyclic) bond motifs is 1. The first kappa shape index (κ1) is 18.5. The van der Waals surface area contributed by atoms with E-state index in [1.807, 2.05) is 26.0 Å². The Balaban J connectivity index is 2.39. The molecular weight excluding hydrogens is 392 g/mol. The molecule has 1 aromatic heterocycles. The zero-order valence-corrected chi connectivity index (χ0v) is 15.8. The molecule has 126 valence electrons. The average molecular weight is 409 g/mol. The van der Waals surface area contributed by atoms with Gasteiger partial charge >= 0.3 is 0 Å². The molecule has 0 spiro atoms. The van der Waals surface area contributed by atoms with Gasteiger partial charge in [0.15, 0.2) is 5.16 Å². The highest BCUT2D eigenvalue weighted by Crippen LogP contribution is 2.21. The van der Waals surface area contributed by atoms with Crippen molar-refractivity contribution < 1.29 is 4.79 Å². The Bertz CT molecular complexity index is 858. The van der Waals surface area contributed by atoms with Crippen molar-refractivity contribution in [2.24, 2.45) is 5.92 Å². The molecule has 0 aliphatic heterocycles. The van der Waals surface area contributed by atoms with E-state index in [9.17, 15) is 9.59 Å². The largest absolute Gasteiger partial charge is 0.342 e. The van der Waals surface area contributed by atoms with Crippen molar-refractivity contribution in [2.75, 3.05) is 12.3 Å². The number of aromatic nitrogens is 2. The average Bonchev–Trinajstić information content (AvgIpc) is 2.54. The summed E-state index contributed by atoms with van der Waals surface area (Å²) in [6, 6.07) is 7.22. The molecule has 1 aromatic carbocycles. The minimum Gasteiger partial charge on any atom is -0.342 e. The van der Waals surface area contributed by atoms with E-state index in [2.05, 4.69) is 26.2 Å². The number of nitriles is 1. The zero-order chi connectivity index (χ0) is 17.7. The highest BCUT2D eigenvalue weighted by Gasteiger charge is 2.14. The number of hydrogen-bond acceptors (Lipinski definition) is 5. The van der Waals surface area contributed by atoms with Gasteiger partial charge in [-0.3, -0.25) is 14.2 Å². The Morgan fingerprint density at radius 2 is 2.25 bits per heavy atom. The van der Waals surface area contributed by atoms with Crippen LogP contribution in [0.1, 0.15) is 13.8 Å². The van der Waals surface area contributed by atoms with Crippen LogP contribution in [0.2, 0.25) is 0 Å². The first-order chi connectivity index (χ1) is 11.4. The highest BCUT2D eigenvalue weighted by molar-refractivity contribution is 9.10. The molecular formula is C16H17BrN4O2S. The van der Waals surface area contributed by atoms with Gasteiger partial charge in [0.1, 0.15) is 6.54 Å². The minimum atomic E-state index is -0.261. The first-order valence-corrected chi connectivity index (χ1v) is 9.16. The lowest BCUT2D eigenvalue weighted by Gasteiger charge is -2.14. The Hall–Kier alpha value is -1.85. The quantitative estimate of drug-likeness (QED) is 0.450. The van der Waals surface area contributed by atoms with Crippen molar-refractivity contribution in [1.29, 1.82) is 5.26 Å². The lowest BCUT2D eigenvalue weighted by Crippen LogP contribution is -2.28. The zero-order valence-electron chi connectivity index (χ0n) is 13.4. The number of amides is 1. The van der Waals surface area contributed by atoms with Gasteiger partial charge in [-0.05, 0) is 24.1 Å². The summed E-state index contributed by atoms with van der Waals surface area (Å²) >= 11 is 4.57. The molecule has 2 aromatic rings. The Morgan fingerprint density at radius 1 is 1.50 bits per heavy atom. The van der Waals surface area contributed by atoms with Crippen molar-refractivity contribution in [3.8, 4) is 6.07 Å².